The van der Waals surface area contributed by atoms with E-state index in [2.05, 4.69) is 19.1 Å². The minimum Gasteiger partial charge on any atom is -0.338 e. The van der Waals surface area contributed by atoms with E-state index < -0.39 is 0 Å². The number of rotatable bonds is 6. The lowest BCUT2D eigenvalue weighted by atomic mass is 10.2. The highest BCUT2D eigenvalue weighted by Crippen LogP contribution is 2.39. The van der Waals surface area contributed by atoms with Crippen molar-refractivity contribution in [3.8, 4) is 0 Å². The van der Waals surface area contributed by atoms with Gasteiger partial charge in [-0.25, -0.2) is 0 Å². The fraction of sp³-hybridized carbons (Fsp3) is 0.533. The molecule has 0 radical (unpaired) electrons. The molecule has 1 amide bonds. The van der Waals surface area contributed by atoms with E-state index in [1.54, 1.807) is 0 Å². The van der Waals surface area contributed by atoms with Crippen molar-refractivity contribution in [1.82, 2.24) is 4.90 Å². The highest BCUT2D eigenvalue weighted by atomic mass is 16.2. The largest absolute Gasteiger partial charge is 0.338 e. The first-order valence-corrected chi connectivity index (χ1v) is 6.75. The van der Waals surface area contributed by atoms with Gasteiger partial charge in [0.25, 0.3) is 0 Å². The van der Waals surface area contributed by atoms with Crippen LogP contribution in [0.1, 0.15) is 25.3 Å². The van der Waals surface area contributed by atoms with Crippen LogP contribution >= 0.6 is 0 Å². The molecule has 0 aromatic heterocycles. The lowest BCUT2D eigenvalue weighted by Gasteiger charge is -2.23. The molecule has 1 fully saturated rings. The molecule has 1 aromatic carbocycles. The zero-order chi connectivity index (χ0) is 13.0. The van der Waals surface area contributed by atoms with Gasteiger partial charge < -0.3 is 10.6 Å². The maximum absolute atomic E-state index is 12.3. The summed E-state index contributed by atoms with van der Waals surface area (Å²) in [6.07, 6.45) is 1.92. The SMILES string of the molecule is CC1CC1C(=O)N(CCCN)Cc1ccccc1. The summed E-state index contributed by atoms with van der Waals surface area (Å²) in [6, 6.07) is 10.2. The lowest BCUT2D eigenvalue weighted by Crippen LogP contribution is -2.34. The smallest absolute Gasteiger partial charge is 0.226 e. The van der Waals surface area contributed by atoms with Crippen molar-refractivity contribution in [2.45, 2.75) is 26.3 Å². The molecular weight excluding hydrogens is 224 g/mol. The van der Waals surface area contributed by atoms with Crippen LogP contribution in [0.25, 0.3) is 0 Å². The standard InChI is InChI=1S/C15H22N2O/c1-12-10-14(12)15(18)17(9-5-8-16)11-13-6-3-2-4-7-13/h2-4,6-7,12,14H,5,8-11,16H2,1H3. The quantitative estimate of drug-likeness (QED) is 0.834. The van der Waals surface area contributed by atoms with Gasteiger partial charge in [-0.3, -0.25) is 4.79 Å². The predicted octanol–water partition coefficient (Wildman–Crippen LogP) is 2.02. The van der Waals surface area contributed by atoms with Crippen LogP contribution in [0.15, 0.2) is 30.3 Å². The normalized spacial score (nSPS) is 21.7. The van der Waals surface area contributed by atoms with Gasteiger partial charge in [0.2, 0.25) is 5.91 Å². The number of hydrogen-bond donors (Lipinski definition) is 1. The van der Waals surface area contributed by atoms with E-state index in [1.165, 1.54) is 5.56 Å². The molecule has 2 N–H and O–H groups in total. The van der Waals surface area contributed by atoms with Crippen molar-refractivity contribution >= 4 is 5.91 Å². The minimum atomic E-state index is 0.256. The van der Waals surface area contributed by atoms with Crippen molar-refractivity contribution in [3.63, 3.8) is 0 Å². The Morgan fingerprint density at radius 2 is 2.06 bits per heavy atom. The number of hydrogen-bond acceptors (Lipinski definition) is 2. The van der Waals surface area contributed by atoms with Crippen LogP contribution in [0.3, 0.4) is 0 Å². The van der Waals surface area contributed by atoms with Crippen LogP contribution in [0.4, 0.5) is 0 Å². The number of amides is 1. The average Bonchev–Trinajstić information content (AvgIpc) is 3.12. The molecule has 3 nitrogen and oxygen atoms in total. The molecular formula is C15H22N2O. The van der Waals surface area contributed by atoms with Crippen LogP contribution in [-0.2, 0) is 11.3 Å². The van der Waals surface area contributed by atoms with Crippen LogP contribution < -0.4 is 5.73 Å². The van der Waals surface area contributed by atoms with Crippen molar-refractivity contribution in [2.75, 3.05) is 13.1 Å². The summed E-state index contributed by atoms with van der Waals surface area (Å²) in [6.45, 7) is 4.27. The van der Waals surface area contributed by atoms with Gasteiger partial charge in [-0.15, -0.1) is 0 Å². The van der Waals surface area contributed by atoms with Gasteiger partial charge in [0.05, 0.1) is 0 Å². The first-order valence-electron chi connectivity index (χ1n) is 6.75. The second kappa shape index (κ2) is 6.01. The molecule has 1 saturated carbocycles. The average molecular weight is 246 g/mol. The van der Waals surface area contributed by atoms with Crippen molar-refractivity contribution in [2.24, 2.45) is 17.6 Å². The minimum absolute atomic E-state index is 0.256. The van der Waals surface area contributed by atoms with Crippen LogP contribution in [-0.4, -0.2) is 23.9 Å². The van der Waals surface area contributed by atoms with Gasteiger partial charge in [0, 0.05) is 19.0 Å². The number of nitrogens with two attached hydrogens (primary N) is 1. The first-order chi connectivity index (χ1) is 8.72. The molecule has 3 heteroatoms. The monoisotopic (exact) mass is 246 g/mol. The highest BCUT2D eigenvalue weighted by molar-refractivity contribution is 5.81. The molecule has 2 unspecified atom stereocenters. The molecule has 0 saturated heterocycles. The maximum Gasteiger partial charge on any atom is 0.226 e. The van der Waals surface area contributed by atoms with Gasteiger partial charge in [0.15, 0.2) is 0 Å². The summed E-state index contributed by atoms with van der Waals surface area (Å²) in [5, 5.41) is 0. The second-order valence-corrected chi connectivity index (χ2v) is 5.21. The molecule has 2 atom stereocenters. The van der Waals surface area contributed by atoms with Crippen LogP contribution in [0.2, 0.25) is 0 Å². The summed E-state index contributed by atoms with van der Waals surface area (Å²) in [5.41, 5.74) is 6.74. The molecule has 1 aliphatic rings. The number of carbonyl (C=O) groups excluding carboxylic acids is 1. The van der Waals surface area contributed by atoms with Gasteiger partial charge >= 0.3 is 0 Å². The summed E-state index contributed by atoms with van der Waals surface area (Å²) in [4.78, 5) is 14.3. The van der Waals surface area contributed by atoms with Gasteiger partial charge in [-0.05, 0) is 30.9 Å². The molecule has 0 bridgehead atoms. The van der Waals surface area contributed by atoms with E-state index in [9.17, 15) is 4.79 Å². The maximum atomic E-state index is 12.3. The molecule has 0 aliphatic heterocycles. The molecule has 1 aromatic rings. The Morgan fingerprint density at radius 3 is 2.61 bits per heavy atom. The summed E-state index contributed by atoms with van der Waals surface area (Å²) in [5.74, 6) is 1.12. The van der Waals surface area contributed by atoms with Crippen LogP contribution in [0.5, 0.6) is 0 Å². The molecule has 0 heterocycles. The molecule has 1 aliphatic carbocycles. The van der Waals surface area contributed by atoms with E-state index in [0.29, 0.717) is 24.9 Å². The number of benzene rings is 1. The topological polar surface area (TPSA) is 46.3 Å². The van der Waals surface area contributed by atoms with E-state index in [-0.39, 0.29) is 5.92 Å². The third-order valence-corrected chi connectivity index (χ3v) is 3.59. The number of nitrogens with zero attached hydrogens (tertiary/aromatic N) is 1. The van der Waals surface area contributed by atoms with Gasteiger partial charge in [-0.2, -0.15) is 0 Å². The fourth-order valence-corrected chi connectivity index (χ4v) is 2.25. The molecule has 98 valence electrons. The van der Waals surface area contributed by atoms with Gasteiger partial charge in [0.1, 0.15) is 0 Å². The summed E-state index contributed by atoms with van der Waals surface area (Å²) in [7, 11) is 0. The lowest BCUT2D eigenvalue weighted by molar-refractivity contribution is -0.133. The zero-order valence-electron chi connectivity index (χ0n) is 11.0. The van der Waals surface area contributed by atoms with Crippen LogP contribution in [0, 0.1) is 11.8 Å². The third-order valence-electron chi connectivity index (χ3n) is 3.59. The Balaban J connectivity index is 1.98. The summed E-state index contributed by atoms with van der Waals surface area (Å²) < 4.78 is 0. The van der Waals surface area contributed by atoms with E-state index >= 15 is 0 Å². The molecule has 2 rings (SSSR count). The Labute approximate surface area is 109 Å². The number of carbonyl (C=O) groups is 1. The van der Waals surface area contributed by atoms with Crippen molar-refractivity contribution < 1.29 is 4.79 Å². The van der Waals surface area contributed by atoms with Gasteiger partial charge in [-0.1, -0.05) is 37.3 Å². The predicted molar refractivity (Wildman–Crippen MR) is 72.8 cm³/mol. The van der Waals surface area contributed by atoms with E-state index in [1.807, 2.05) is 23.1 Å². The molecule has 0 spiro atoms. The molecule has 18 heavy (non-hydrogen) atoms. The van der Waals surface area contributed by atoms with E-state index in [4.69, 9.17) is 5.73 Å². The van der Waals surface area contributed by atoms with E-state index in [0.717, 1.165) is 19.4 Å². The second-order valence-electron chi connectivity index (χ2n) is 5.21. The summed E-state index contributed by atoms with van der Waals surface area (Å²) >= 11 is 0. The fourth-order valence-electron chi connectivity index (χ4n) is 2.25. The van der Waals surface area contributed by atoms with Crippen molar-refractivity contribution in [1.29, 1.82) is 0 Å². The Hall–Kier alpha value is -1.35. The first kappa shape index (κ1) is 13.1. The third kappa shape index (κ3) is 3.33. The highest BCUT2D eigenvalue weighted by Gasteiger charge is 2.41. The zero-order valence-corrected chi connectivity index (χ0v) is 11.0. The van der Waals surface area contributed by atoms with Crippen molar-refractivity contribution in [3.05, 3.63) is 35.9 Å². The Morgan fingerprint density at radius 1 is 1.39 bits per heavy atom. The Bertz CT molecular complexity index is 391. The Kier molecular flexibility index (Phi) is 4.37.